The van der Waals surface area contributed by atoms with Crippen molar-refractivity contribution >= 4 is 50.5 Å². The summed E-state index contributed by atoms with van der Waals surface area (Å²) in [5.41, 5.74) is 1.03. The molecule has 3 rings (SSSR count). The summed E-state index contributed by atoms with van der Waals surface area (Å²) in [6.07, 6.45) is 0. The molecule has 0 saturated carbocycles. The SMILES string of the molecule is Cc1ccc(NS(=O)(=O)c2ccc(NC(=O)c3ccccc3Cl)c(F)c2)cc1Cl. The lowest BCUT2D eigenvalue weighted by atomic mass is 10.2. The largest absolute Gasteiger partial charge is 0.319 e. The van der Waals surface area contributed by atoms with E-state index in [1.165, 1.54) is 30.3 Å². The number of sulfonamides is 1. The van der Waals surface area contributed by atoms with Gasteiger partial charge in [-0.2, -0.15) is 0 Å². The van der Waals surface area contributed by atoms with Crippen LogP contribution in [0, 0.1) is 12.7 Å². The molecule has 0 fully saturated rings. The first kappa shape index (κ1) is 21.1. The fourth-order valence-electron chi connectivity index (χ4n) is 2.47. The van der Waals surface area contributed by atoms with E-state index >= 15 is 0 Å². The van der Waals surface area contributed by atoms with Crippen LogP contribution in [0.3, 0.4) is 0 Å². The zero-order chi connectivity index (χ0) is 21.2. The maximum absolute atomic E-state index is 14.5. The summed E-state index contributed by atoms with van der Waals surface area (Å²) < 4.78 is 41.8. The number of carbonyl (C=O) groups excluding carboxylic acids is 1. The number of aryl methyl sites for hydroxylation is 1. The van der Waals surface area contributed by atoms with Gasteiger partial charge >= 0.3 is 0 Å². The topological polar surface area (TPSA) is 75.3 Å². The van der Waals surface area contributed by atoms with Gasteiger partial charge in [0.15, 0.2) is 0 Å². The predicted molar refractivity (Wildman–Crippen MR) is 113 cm³/mol. The zero-order valence-electron chi connectivity index (χ0n) is 15.0. The fraction of sp³-hybridized carbons (Fsp3) is 0.0500. The molecule has 0 bridgehead atoms. The molecule has 3 aromatic rings. The highest BCUT2D eigenvalue weighted by Gasteiger charge is 2.18. The van der Waals surface area contributed by atoms with Crippen molar-refractivity contribution in [2.45, 2.75) is 11.8 Å². The molecule has 0 radical (unpaired) electrons. The van der Waals surface area contributed by atoms with Crippen LogP contribution in [0.2, 0.25) is 10.0 Å². The Bertz CT molecular complexity index is 1200. The van der Waals surface area contributed by atoms with Gasteiger partial charge in [-0.05, 0) is 55.0 Å². The zero-order valence-corrected chi connectivity index (χ0v) is 17.4. The molecule has 2 N–H and O–H groups in total. The monoisotopic (exact) mass is 452 g/mol. The molecule has 3 aromatic carbocycles. The molecule has 29 heavy (non-hydrogen) atoms. The summed E-state index contributed by atoms with van der Waals surface area (Å²) >= 11 is 12.0. The van der Waals surface area contributed by atoms with Crippen LogP contribution in [-0.2, 0) is 10.0 Å². The minimum atomic E-state index is -4.05. The van der Waals surface area contributed by atoms with Crippen molar-refractivity contribution in [2.24, 2.45) is 0 Å². The van der Waals surface area contributed by atoms with E-state index in [-0.39, 0.29) is 26.9 Å². The van der Waals surface area contributed by atoms with Gasteiger partial charge in [0.2, 0.25) is 0 Å². The van der Waals surface area contributed by atoms with Crippen molar-refractivity contribution in [1.29, 1.82) is 0 Å². The molecule has 0 aromatic heterocycles. The Balaban J connectivity index is 1.82. The van der Waals surface area contributed by atoms with Gasteiger partial charge in [0.1, 0.15) is 5.82 Å². The molecule has 0 aliphatic rings. The number of amides is 1. The van der Waals surface area contributed by atoms with Crippen molar-refractivity contribution in [3.63, 3.8) is 0 Å². The molecule has 9 heteroatoms. The molecule has 0 atom stereocenters. The summed E-state index contributed by atoms with van der Waals surface area (Å²) in [6, 6.07) is 14.1. The second-order valence-electron chi connectivity index (χ2n) is 6.15. The summed E-state index contributed by atoms with van der Waals surface area (Å²) in [4.78, 5) is 12.0. The van der Waals surface area contributed by atoms with Crippen molar-refractivity contribution < 1.29 is 17.6 Å². The van der Waals surface area contributed by atoms with Crippen LogP contribution < -0.4 is 10.0 Å². The Kier molecular flexibility index (Phi) is 6.12. The van der Waals surface area contributed by atoms with Gasteiger partial charge in [0.05, 0.1) is 26.9 Å². The molecule has 1 amide bonds. The highest BCUT2D eigenvalue weighted by molar-refractivity contribution is 7.92. The third-order valence-corrected chi connectivity index (χ3v) is 6.16. The number of carbonyl (C=O) groups is 1. The van der Waals surface area contributed by atoms with Crippen LogP contribution >= 0.6 is 23.2 Å². The Hall–Kier alpha value is -2.61. The number of nitrogens with one attached hydrogen (secondary N) is 2. The van der Waals surface area contributed by atoms with E-state index in [0.717, 1.165) is 11.6 Å². The van der Waals surface area contributed by atoms with E-state index in [4.69, 9.17) is 23.2 Å². The third kappa shape index (κ3) is 4.87. The van der Waals surface area contributed by atoms with Gasteiger partial charge in [0, 0.05) is 5.02 Å². The van der Waals surface area contributed by atoms with Crippen molar-refractivity contribution in [2.75, 3.05) is 10.0 Å². The highest BCUT2D eigenvalue weighted by atomic mass is 35.5. The second-order valence-corrected chi connectivity index (χ2v) is 8.64. The number of rotatable bonds is 5. The van der Waals surface area contributed by atoms with Crippen LogP contribution in [0.5, 0.6) is 0 Å². The van der Waals surface area contributed by atoms with Crippen molar-refractivity contribution in [3.05, 3.63) is 87.7 Å². The number of hydrogen-bond donors (Lipinski definition) is 2. The van der Waals surface area contributed by atoms with Crippen LogP contribution in [0.4, 0.5) is 15.8 Å². The second kappa shape index (κ2) is 8.41. The van der Waals surface area contributed by atoms with E-state index in [0.29, 0.717) is 5.02 Å². The van der Waals surface area contributed by atoms with E-state index in [1.54, 1.807) is 31.2 Å². The minimum Gasteiger partial charge on any atom is -0.319 e. The van der Waals surface area contributed by atoms with Gasteiger partial charge in [-0.1, -0.05) is 41.4 Å². The van der Waals surface area contributed by atoms with Gasteiger partial charge in [-0.15, -0.1) is 0 Å². The summed E-state index contributed by atoms with van der Waals surface area (Å²) in [7, 11) is -4.05. The first-order valence-electron chi connectivity index (χ1n) is 8.32. The molecule has 150 valence electrons. The predicted octanol–water partition coefficient (Wildman–Crippen LogP) is 5.49. The summed E-state index contributed by atoms with van der Waals surface area (Å²) in [5, 5.41) is 2.99. The first-order chi connectivity index (χ1) is 13.7. The number of halogens is 3. The number of hydrogen-bond acceptors (Lipinski definition) is 3. The Morgan fingerprint density at radius 1 is 0.966 bits per heavy atom. The normalized spacial score (nSPS) is 11.2. The van der Waals surface area contributed by atoms with E-state index in [1.807, 2.05) is 0 Å². The molecule has 5 nitrogen and oxygen atoms in total. The molecule has 0 heterocycles. The third-order valence-electron chi connectivity index (χ3n) is 4.04. The van der Waals surface area contributed by atoms with Crippen molar-refractivity contribution in [1.82, 2.24) is 0 Å². The van der Waals surface area contributed by atoms with Crippen LogP contribution in [0.25, 0.3) is 0 Å². The lowest BCUT2D eigenvalue weighted by Crippen LogP contribution is -2.15. The molecular formula is C20H15Cl2FN2O3S. The summed E-state index contributed by atoms with van der Waals surface area (Å²) in [6.45, 7) is 1.78. The van der Waals surface area contributed by atoms with Gasteiger partial charge < -0.3 is 5.32 Å². The van der Waals surface area contributed by atoms with E-state index < -0.39 is 21.7 Å². The Morgan fingerprint density at radius 2 is 1.69 bits per heavy atom. The highest BCUT2D eigenvalue weighted by Crippen LogP contribution is 2.25. The average molecular weight is 453 g/mol. The maximum Gasteiger partial charge on any atom is 0.261 e. The van der Waals surface area contributed by atoms with Crippen LogP contribution in [0.15, 0.2) is 65.6 Å². The fourth-order valence-corrected chi connectivity index (χ4v) is 3.93. The van der Waals surface area contributed by atoms with Crippen LogP contribution in [-0.4, -0.2) is 14.3 Å². The minimum absolute atomic E-state index is 0.170. The molecule has 0 unspecified atom stereocenters. The molecule has 0 spiro atoms. The number of anilines is 2. The molecule has 0 saturated heterocycles. The molecule has 0 aliphatic heterocycles. The lowest BCUT2D eigenvalue weighted by molar-refractivity contribution is 0.102. The quantitative estimate of drug-likeness (QED) is 0.536. The average Bonchev–Trinajstić information content (AvgIpc) is 2.66. The van der Waals surface area contributed by atoms with Gasteiger partial charge in [-0.25, -0.2) is 12.8 Å². The summed E-state index contributed by atoms with van der Waals surface area (Å²) in [5.74, 6) is -1.52. The van der Waals surface area contributed by atoms with Crippen molar-refractivity contribution in [3.8, 4) is 0 Å². The standard InChI is InChI=1S/C20H15Cl2FN2O3S/c1-12-6-7-13(10-17(12)22)25-29(27,28)14-8-9-19(18(23)11-14)24-20(26)15-4-2-3-5-16(15)21/h2-11,25H,1H3,(H,24,26). The first-order valence-corrected chi connectivity index (χ1v) is 10.6. The lowest BCUT2D eigenvalue weighted by Gasteiger charge is -2.11. The molecular weight excluding hydrogens is 438 g/mol. The van der Waals surface area contributed by atoms with Gasteiger partial charge in [0.25, 0.3) is 15.9 Å². The Morgan fingerprint density at radius 3 is 2.34 bits per heavy atom. The van der Waals surface area contributed by atoms with E-state index in [2.05, 4.69) is 10.0 Å². The smallest absolute Gasteiger partial charge is 0.261 e. The van der Waals surface area contributed by atoms with Gasteiger partial charge in [-0.3, -0.25) is 9.52 Å². The Labute approximate surface area is 177 Å². The van der Waals surface area contributed by atoms with E-state index in [9.17, 15) is 17.6 Å². The van der Waals surface area contributed by atoms with Crippen LogP contribution in [0.1, 0.15) is 15.9 Å². The molecule has 0 aliphatic carbocycles. The number of benzene rings is 3. The maximum atomic E-state index is 14.5.